The number of rotatable bonds is 2. The van der Waals surface area contributed by atoms with Gasteiger partial charge < -0.3 is 4.40 Å². The SMILES string of the molecule is CC(N=N)c1cnc2ccc(Br)cn12. The molecule has 5 heteroatoms. The van der Waals surface area contributed by atoms with Gasteiger partial charge in [0.2, 0.25) is 0 Å². The van der Waals surface area contributed by atoms with E-state index in [4.69, 9.17) is 5.53 Å². The number of nitrogens with one attached hydrogen (secondary N) is 1. The van der Waals surface area contributed by atoms with E-state index in [-0.39, 0.29) is 6.04 Å². The number of imidazole rings is 1. The molecule has 2 rings (SSSR count). The summed E-state index contributed by atoms with van der Waals surface area (Å²) < 4.78 is 2.92. The Morgan fingerprint density at radius 3 is 3.07 bits per heavy atom. The molecular weight excluding hydrogens is 244 g/mol. The number of hydrogen-bond donors (Lipinski definition) is 1. The summed E-state index contributed by atoms with van der Waals surface area (Å²) >= 11 is 3.40. The number of aromatic nitrogens is 2. The van der Waals surface area contributed by atoms with Gasteiger partial charge in [-0.1, -0.05) is 0 Å². The molecule has 4 nitrogen and oxygen atoms in total. The summed E-state index contributed by atoms with van der Waals surface area (Å²) in [5, 5.41) is 3.48. The largest absolute Gasteiger partial charge is 0.301 e. The summed E-state index contributed by atoms with van der Waals surface area (Å²) in [4.78, 5) is 4.23. The first-order valence-corrected chi connectivity index (χ1v) is 5.01. The number of pyridine rings is 1. The molecule has 1 unspecified atom stereocenters. The first kappa shape index (κ1) is 9.33. The van der Waals surface area contributed by atoms with Gasteiger partial charge in [-0.3, -0.25) is 0 Å². The van der Waals surface area contributed by atoms with Crippen LogP contribution in [-0.2, 0) is 0 Å². The van der Waals surface area contributed by atoms with Crippen molar-refractivity contribution in [3.63, 3.8) is 0 Å². The maximum absolute atomic E-state index is 6.99. The summed E-state index contributed by atoms with van der Waals surface area (Å²) in [6.45, 7) is 1.87. The van der Waals surface area contributed by atoms with E-state index in [0.717, 1.165) is 15.8 Å². The van der Waals surface area contributed by atoms with Crippen LogP contribution < -0.4 is 0 Å². The second kappa shape index (κ2) is 3.49. The van der Waals surface area contributed by atoms with Gasteiger partial charge in [0.15, 0.2) is 0 Å². The fourth-order valence-electron chi connectivity index (χ4n) is 1.35. The van der Waals surface area contributed by atoms with Crippen molar-refractivity contribution in [2.75, 3.05) is 0 Å². The number of fused-ring (bicyclic) bond motifs is 1. The average Bonchev–Trinajstić information content (AvgIpc) is 2.59. The number of nitrogens with zero attached hydrogens (tertiary/aromatic N) is 3. The van der Waals surface area contributed by atoms with Crippen molar-refractivity contribution in [3.05, 3.63) is 34.7 Å². The standard InChI is InChI=1S/C9H9BrN4/c1-6(13-11)8-4-12-9-3-2-7(10)5-14(8)9/h2-6,11H,1H3. The molecule has 0 saturated heterocycles. The molecule has 0 aliphatic heterocycles. The van der Waals surface area contributed by atoms with Gasteiger partial charge in [-0.25, -0.2) is 10.5 Å². The van der Waals surface area contributed by atoms with Gasteiger partial charge in [-0.2, -0.15) is 5.11 Å². The Balaban J connectivity index is 2.66. The molecule has 0 saturated carbocycles. The molecule has 0 aliphatic carbocycles. The normalized spacial score (nSPS) is 13.0. The fraction of sp³-hybridized carbons (Fsp3) is 0.222. The van der Waals surface area contributed by atoms with Crippen LogP contribution >= 0.6 is 15.9 Å². The minimum atomic E-state index is -0.153. The van der Waals surface area contributed by atoms with Gasteiger partial charge in [0.05, 0.1) is 11.9 Å². The highest BCUT2D eigenvalue weighted by atomic mass is 79.9. The van der Waals surface area contributed by atoms with Crippen LogP contribution in [0.25, 0.3) is 5.65 Å². The lowest BCUT2D eigenvalue weighted by Gasteiger charge is -2.03. The molecule has 2 aromatic rings. The van der Waals surface area contributed by atoms with E-state index in [1.165, 1.54) is 0 Å². The Bertz CT molecular complexity index is 477. The van der Waals surface area contributed by atoms with Gasteiger partial charge >= 0.3 is 0 Å². The third kappa shape index (κ3) is 1.43. The second-order valence-electron chi connectivity index (χ2n) is 3.06. The zero-order valence-electron chi connectivity index (χ0n) is 7.61. The third-order valence-electron chi connectivity index (χ3n) is 2.12. The molecule has 2 aromatic heterocycles. The van der Waals surface area contributed by atoms with Crippen molar-refractivity contribution in [1.29, 1.82) is 5.53 Å². The predicted molar refractivity (Wildman–Crippen MR) is 56.5 cm³/mol. The number of halogens is 1. The fourth-order valence-corrected chi connectivity index (χ4v) is 1.69. The van der Waals surface area contributed by atoms with Crippen molar-refractivity contribution in [2.45, 2.75) is 13.0 Å². The topological polar surface area (TPSA) is 53.5 Å². The molecule has 0 aliphatic rings. The molecule has 0 aromatic carbocycles. The van der Waals surface area contributed by atoms with E-state index >= 15 is 0 Å². The Morgan fingerprint density at radius 2 is 2.36 bits per heavy atom. The maximum Gasteiger partial charge on any atom is 0.137 e. The lowest BCUT2D eigenvalue weighted by Crippen LogP contribution is -1.95. The van der Waals surface area contributed by atoms with Crippen LogP contribution in [0.15, 0.2) is 34.1 Å². The Kier molecular flexibility index (Phi) is 2.33. The van der Waals surface area contributed by atoms with E-state index in [1.807, 2.05) is 29.7 Å². The third-order valence-corrected chi connectivity index (χ3v) is 2.59. The molecule has 1 N–H and O–H groups in total. The molecule has 14 heavy (non-hydrogen) atoms. The molecule has 2 heterocycles. The van der Waals surface area contributed by atoms with Gasteiger partial charge in [0.25, 0.3) is 0 Å². The van der Waals surface area contributed by atoms with Crippen LogP contribution in [0, 0.1) is 5.53 Å². The quantitative estimate of drug-likeness (QED) is 0.821. The monoisotopic (exact) mass is 252 g/mol. The summed E-state index contributed by atoms with van der Waals surface area (Å²) in [6.07, 6.45) is 3.68. The molecule has 0 fully saturated rings. The first-order valence-electron chi connectivity index (χ1n) is 4.21. The summed E-state index contributed by atoms with van der Waals surface area (Å²) in [5.74, 6) is 0. The van der Waals surface area contributed by atoms with E-state index in [1.54, 1.807) is 6.20 Å². The van der Waals surface area contributed by atoms with E-state index in [2.05, 4.69) is 26.0 Å². The number of hydrogen-bond acceptors (Lipinski definition) is 3. The molecular formula is C9H9BrN4. The van der Waals surface area contributed by atoms with Gasteiger partial charge in [-0.15, -0.1) is 0 Å². The highest BCUT2D eigenvalue weighted by molar-refractivity contribution is 9.10. The average molecular weight is 253 g/mol. The Labute approximate surface area is 89.6 Å². The second-order valence-corrected chi connectivity index (χ2v) is 3.98. The lowest BCUT2D eigenvalue weighted by molar-refractivity contribution is 0.702. The molecule has 0 bridgehead atoms. The zero-order valence-corrected chi connectivity index (χ0v) is 9.19. The van der Waals surface area contributed by atoms with Crippen LogP contribution in [0.2, 0.25) is 0 Å². The van der Waals surface area contributed by atoms with Crippen LogP contribution in [-0.4, -0.2) is 9.38 Å². The highest BCUT2D eigenvalue weighted by Gasteiger charge is 2.09. The van der Waals surface area contributed by atoms with Crippen LogP contribution in [0.3, 0.4) is 0 Å². The minimum absolute atomic E-state index is 0.153. The zero-order chi connectivity index (χ0) is 10.1. The Hall–Kier alpha value is -1.23. The molecule has 0 radical (unpaired) electrons. The van der Waals surface area contributed by atoms with Gasteiger partial charge in [-0.05, 0) is 35.0 Å². The summed E-state index contributed by atoms with van der Waals surface area (Å²) in [6, 6.07) is 3.71. The van der Waals surface area contributed by atoms with E-state index < -0.39 is 0 Å². The minimum Gasteiger partial charge on any atom is -0.301 e. The first-order chi connectivity index (χ1) is 6.72. The predicted octanol–water partition coefficient (Wildman–Crippen LogP) is 3.19. The van der Waals surface area contributed by atoms with Gasteiger partial charge in [0.1, 0.15) is 11.7 Å². The smallest absolute Gasteiger partial charge is 0.137 e. The van der Waals surface area contributed by atoms with Crippen molar-refractivity contribution < 1.29 is 0 Å². The summed E-state index contributed by atoms with van der Waals surface area (Å²) in [7, 11) is 0. The maximum atomic E-state index is 6.99. The van der Waals surface area contributed by atoms with Crippen LogP contribution in [0.4, 0.5) is 0 Å². The van der Waals surface area contributed by atoms with Crippen LogP contribution in [0.5, 0.6) is 0 Å². The lowest BCUT2D eigenvalue weighted by atomic mass is 10.3. The van der Waals surface area contributed by atoms with E-state index in [9.17, 15) is 0 Å². The van der Waals surface area contributed by atoms with Crippen molar-refractivity contribution >= 4 is 21.6 Å². The van der Waals surface area contributed by atoms with Gasteiger partial charge in [0, 0.05) is 10.7 Å². The molecule has 1 atom stereocenters. The van der Waals surface area contributed by atoms with Crippen molar-refractivity contribution in [2.24, 2.45) is 5.11 Å². The summed E-state index contributed by atoms with van der Waals surface area (Å²) in [5.41, 5.74) is 8.79. The van der Waals surface area contributed by atoms with E-state index in [0.29, 0.717) is 0 Å². The molecule has 0 amide bonds. The van der Waals surface area contributed by atoms with Crippen molar-refractivity contribution in [1.82, 2.24) is 9.38 Å². The van der Waals surface area contributed by atoms with Crippen LogP contribution in [0.1, 0.15) is 18.7 Å². The molecule has 72 valence electrons. The Morgan fingerprint density at radius 1 is 1.57 bits per heavy atom. The molecule has 0 spiro atoms. The highest BCUT2D eigenvalue weighted by Crippen LogP contribution is 2.20. The van der Waals surface area contributed by atoms with Crippen molar-refractivity contribution in [3.8, 4) is 0 Å².